The number of rotatable bonds is 15. The van der Waals surface area contributed by atoms with E-state index >= 15 is 0 Å². The van der Waals surface area contributed by atoms with Crippen LogP contribution in [0.15, 0.2) is 55.6 Å². The second kappa shape index (κ2) is 13.1. The molecule has 8 nitrogen and oxygen atoms in total. The summed E-state index contributed by atoms with van der Waals surface area (Å²) in [6.45, 7) is 17.2. The number of carbonyl (C=O) groups excluding carboxylic acids is 3. The molecule has 2 bridgehead atoms. The zero-order chi connectivity index (χ0) is 30.7. The van der Waals surface area contributed by atoms with Gasteiger partial charge in [0.1, 0.15) is 11.6 Å². The summed E-state index contributed by atoms with van der Waals surface area (Å²) in [5.41, 5.74) is -0.991. The van der Waals surface area contributed by atoms with E-state index in [-0.39, 0.29) is 30.2 Å². The second-order valence-corrected chi connectivity index (χ2v) is 12.6. The maximum absolute atomic E-state index is 14.7. The number of amides is 3. The summed E-state index contributed by atoms with van der Waals surface area (Å²) in [6, 6.07) is 8.23. The summed E-state index contributed by atoms with van der Waals surface area (Å²) in [7, 11) is 0. The number of likely N-dealkylation sites (tertiary alicyclic amines) is 1. The fourth-order valence-electron chi connectivity index (χ4n) is 7.80. The molecule has 230 valence electrons. The highest BCUT2D eigenvalue weighted by Gasteiger charge is 2.79. The minimum atomic E-state index is -1.14. The van der Waals surface area contributed by atoms with Crippen LogP contribution < -0.4 is 0 Å². The Labute approximate surface area is 251 Å². The summed E-state index contributed by atoms with van der Waals surface area (Å²) in [5, 5.41) is 10.6. The van der Waals surface area contributed by atoms with Gasteiger partial charge in [0.05, 0.1) is 30.1 Å². The average Bonchev–Trinajstić information content (AvgIpc) is 3.59. The van der Waals surface area contributed by atoms with Gasteiger partial charge in [-0.05, 0) is 43.6 Å². The Bertz CT molecular complexity index is 1160. The lowest BCUT2D eigenvalue weighted by molar-refractivity contribution is -0.158. The first kappa shape index (κ1) is 32.0. The Morgan fingerprint density at radius 3 is 2.33 bits per heavy atom. The molecule has 42 heavy (non-hydrogen) atoms. The minimum absolute atomic E-state index is 0.108. The van der Waals surface area contributed by atoms with Crippen molar-refractivity contribution < 1.29 is 24.2 Å². The summed E-state index contributed by atoms with van der Waals surface area (Å²) in [6.07, 6.45) is 6.40. The van der Waals surface area contributed by atoms with E-state index < -0.39 is 35.1 Å². The molecule has 8 heteroatoms. The number of hydrogen-bond donors (Lipinski definition) is 1. The van der Waals surface area contributed by atoms with E-state index in [1.165, 1.54) is 0 Å². The molecule has 0 aliphatic carbocycles. The van der Waals surface area contributed by atoms with Crippen LogP contribution >= 0.6 is 0 Å². The number of hydrogen-bond acceptors (Lipinski definition) is 5. The van der Waals surface area contributed by atoms with E-state index in [1.807, 2.05) is 58.0 Å². The van der Waals surface area contributed by atoms with Crippen LogP contribution in [0.2, 0.25) is 0 Å². The largest absolute Gasteiger partial charge is 0.394 e. The number of ether oxygens (including phenoxy) is 1. The Morgan fingerprint density at radius 2 is 1.76 bits per heavy atom. The molecule has 3 saturated heterocycles. The average molecular weight is 580 g/mol. The molecule has 3 amide bonds. The monoisotopic (exact) mass is 579 g/mol. The van der Waals surface area contributed by atoms with Gasteiger partial charge in [-0.2, -0.15) is 0 Å². The van der Waals surface area contributed by atoms with Crippen LogP contribution in [0.25, 0.3) is 0 Å². The lowest BCUT2D eigenvalue weighted by Gasteiger charge is -2.40. The molecule has 3 fully saturated rings. The molecule has 6 atom stereocenters. The standard InChI is InChI=1S/C34H49N3O5/c1-7-18-35(19-8-2)30(39)27-28-31(40)37(26(23-38)21-24(5)6)29(34(28)17-16-33(27,10-4)42-34)32(41)36(20-9-3)22-25-14-12-11-13-15-25/h7,9,11-15,24,26-29,38H,1,3,8,10,16-23H2,2,4-6H3/t26-,27+,28+,29?,33-,34?/m1/s1. The third-order valence-electron chi connectivity index (χ3n) is 9.50. The summed E-state index contributed by atoms with van der Waals surface area (Å²) >= 11 is 0. The highest BCUT2D eigenvalue weighted by molar-refractivity contribution is 5.99. The van der Waals surface area contributed by atoms with Gasteiger partial charge < -0.3 is 24.5 Å². The van der Waals surface area contributed by atoms with E-state index in [2.05, 4.69) is 13.2 Å². The molecule has 3 aliphatic rings. The van der Waals surface area contributed by atoms with Crippen molar-refractivity contribution in [1.82, 2.24) is 14.7 Å². The number of aliphatic hydroxyl groups excluding tert-OH is 1. The smallest absolute Gasteiger partial charge is 0.249 e. The zero-order valence-electron chi connectivity index (χ0n) is 25.8. The molecule has 1 spiro atoms. The summed E-state index contributed by atoms with van der Waals surface area (Å²) in [4.78, 5) is 48.8. The quantitative estimate of drug-likeness (QED) is 0.315. The zero-order valence-corrected chi connectivity index (χ0v) is 25.8. The Hall–Kier alpha value is -2.97. The number of fused-ring (bicyclic) bond motifs is 1. The van der Waals surface area contributed by atoms with Crippen LogP contribution in [0.1, 0.15) is 65.4 Å². The van der Waals surface area contributed by atoms with Crippen LogP contribution in [0.5, 0.6) is 0 Å². The predicted molar refractivity (Wildman–Crippen MR) is 163 cm³/mol. The van der Waals surface area contributed by atoms with Gasteiger partial charge in [0, 0.05) is 26.2 Å². The van der Waals surface area contributed by atoms with Crippen LogP contribution in [0.3, 0.4) is 0 Å². The minimum Gasteiger partial charge on any atom is -0.394 e. The number of aliphatic hydroxyl groups is 1. The maximum atomic E-state index is 14.7. The van der Waals surface area contributed by atoms with E-state index in [1.54, 1.807) is 26.9 Å². The van der Waals surface area contributed by atoms with Crippen molar-refractivity contribution in [2.45, 2.75) is 89.6 Å². The van der Waals surface area contributed by atoms with Crippen molar-refractivity contribution in [3.8, 4) is 0 Å². The van der Waals surface area contributed by atoms with Crippen LogP contribution in [0.4, 0.5) is 0 Å². The lowest BCUT2D eigenvalue weighted by Crippen LogP contribution is -2.59. The van der Waals surface area contributed by atoms with Gasteiger partial charge in [0.15, 0.2) is 0 Å². The maximum Gasteiger partial charge on any atom is 0.249 e. The molecule has 1 aromatic rings. The van der Waals surface area contributed by atoms with Gasteiger partial charge in [-0.25, -0.2) is 0 Å². The fraction of sp³-hybridized carbons (Fsp3) is 0.618. The van der Waals surface area contributed by atoms with Gasteiger partial charge in [0.2, 0.25) is 17.7 Å². The van der Waals surface area contributed by atoms with Crippen LogP contribution in [-0.2, 0) is 25.7 Å². The normalized spacial score (nSPS) is 28.6. The van der Waals surface area contributed by atoms with Crippen molar-refractivity contribution in [3.63, 3.8) is 0 Å². The SMILES string of the molecule is C=CCN(Cc1ccccc1)C(=O)C1N([C@@H](CO)CC(C)C)C(=O)[C@@H]2[C@@H](C(=O)N(CC=C)CCC)[C@@]3(CC)CCC12O3. The molecule has 3 heterocycles. The topological polar surface area (TPSA) is 90.4 Å². The van der Waals surface area contributed by atoms with Crippen molar-refractivity contribution in [3.05, 3.63) is 61.2 Å². The molecule has 2 unspecified atom stereocenters. The summed E-state index contributed by atoms with van der Waals surface area (Å²) in [5.74, 6) is -1.90. The van der Waals surface area contributed by atoms with E-state index in [4.69, 9.17) is 4.74 Å². The first-order chi connectivity index (χ1) is 20.1. The van der Waals surface area contributed by atoms with Crippen molar-refractivity contribution in [2.75, 3.05) is 26.2 Å². The highest BCUT2D eigenvalue weighted by atomic mass is 16.5. The number of nitrogens with zero attached hydrogens (tertiary/aromatic N) is 3. The molecule has 0 radical (unpaired) electrons. The Balaban J connectivity index is 1.84. The van der Waals surface area contributed by atoms with E-state index in [0.29, 0.717) is 51.9 Å². The molecular weight excluding hydrogens is 530 g/mol. The van der Waals surface area contributed by atoms with E-state index in [0.717, 1.165) is 12.0 Å². The van der Waals surface area contributed by atoms with Crippen molar-refractivity contribution >= 4 is 17.7 Å². The van der Waals surface area contributed by atoms with Gasteiger partial charge in [-0.3, -0.25) is 14.4 Å². The third kappa shape index (κ3) is 5.44. The van der Waals surface area contributed by atoms with Gasteiger partial charge in [-0.15, -0.1) is 13.2 Å². The number of carbonyl (C=O) groups is 3. The van der Waals surface area contributed by atoms with Crippen LogP contribution in [0, 0.1) is 17.8 Å². The first-order valence-corrected chi connectivity index (χ1v) is 15.6. The lowest BCUT2D eigenvalue weighted by atomic mass is 9.64. The summed E-state index contributed by atoms with van der Waals surface area (Å²) < 4.78 is 6.98. The van der Waals surface area contributed by atoms with Crippen LogP contribution in [-0.4, -0.2) is 87.1 Å². The van der Waals surface area contributed by atoms with Crippen molar-refractivity contribution in [1.29, 1.82) is 0 Å². The van der Waals surface area contributed by atoms with Gasteiger partial charge in [0.25, 0.3) is 0 Å². The fourth-order valence-corrected chi connectivity index (χ4v) is 7.80. The van der Waals surface area contributed by atoms with E-state index in [9.17, 15) is 19.5 Å². The molecule has 0 aromatic heterocycles. The van der Waals surface area contributed by atoms with Gasteiger partial charge >= 0.3 is 0 Å². The molecule has 4 rings (SSSR count). The number of benzene rings is 1. The Morgan fingerprint density at radius 1 is 1.10 bits per heavy atom. The Kier molecular flexibility index (Phi) is 9.99. The third-order valence-corrected chi connectivity index (χ3v) is 9.50. The highest BCUT2D eigenvalue weighted by Crippen LogP contribution is 2.65. The predicted octanol–water partition coefficient (Wildman–Crippen LogP) is 4.19. The van der Waals surface area contributed by atoms with Crippen molar-refractivity contribution in [2.24, 2.45) is 17.8 Å². The molecular formula is C34H49N3O5. The second-order valence-electron chi connectivity index (χ2n) is 12.6. The molecule has 3 aliphatic heterocycles. The van der Waals surface area contributed by atoms with Gasteiger partial charge in [-0.1, -0.05) is 70.2 Å². The molecule has 0 saturated carbocycles. The molecule has 1 aromatic carbocycles. The first-order valence-electron chi connectivity index (χ1n) is 15.6. The molecule has 1 N–H and O–H groups in total.